The maximum atomic E-state index is 9.94. The van der Waals surface area contributed by atoms with Crippen LogP contribution in [0.1, 0.15) is 44.9 Å². The molecule has 1 aromatic heterocycles. The molecule has 0 radical (unpaired) electrons. The van der Waals surface area contributed by atoms with Gasteiger partial charge in [-0.25, -0.2) is 9.97 Å². The van der Waals surface area contributed by atoms with Crippen molar-refractivity contribution in [3.05, 3.63) is 30.3 Å². The minimum Gasteiger partial charge on any atom is -0.491 e. The molecule has 1 heterocycles. The van der Waals surface area contributed by atoms with Gasteiger partial charge in [0.2, 0.25) is 0 Å². The van der Waals surface area contributed by atoms with Crippen molar-refractivity contribution < 1.29 is 14.9 Å². The fourth-order valence-corrected chi connectivity index (χ4v) is 4.60. The van der Waals surface area contributed by atoms with Gasteiger partial charge < -0.3 is 30.5 Å². The molecular weight excluding hydrogens is 418 g/mol. The molecule has 0 amide bonds. The molecule has 1 unspecified atom stereocenters. The highest BCUT2D eigenvalue weighted by Crippen LogP contribution is 2.31. The second kappa shape index (κ2) is 11.1. The number of hydrogen-bond acceptors (Lipinski definition) is 8. The van der Waals surface area contributed by atoms with Gasteiger partial charge in [0.05, 0.1) is 6.10 Å². The summed E-state index contributed by atoms with van der Waals surface area (Å²) in [6.07, 6.45) is 6.89. The SMILES string of the molecule is CNCC(O)COc1cccc(-c2nc(NC3CC(O)C3)cc(N(C)C3CCCCC3)n2)c1. The first-order valence-electron chi connectivity index (χ1n) is 12.1. The summed E-state index contributed by atoms with van der Waals surface area (Å²) in [5.41, 5.74) is 0.867. The van der Waals surface area contributed by atoms with E-state index in [9.17, 15) is 10.2 Å². The Kier molecular flexibility index (Phi) is 8.01. The Morgan fingerprint density at radius 2 is 1.94 bits per heavy atom. The summed E-state index contributed by atoms with van der Waals surface area (Å²) in [6, 6.07) is 10.4. The van der Waals surface area contributed by atoms with Crippen LogP contribution in [0.15, 0.2) is 30.3 Å². The molecule has 33 heavy (non-hydrogen) atoms. The highest BCUT2D eigenvalue weighted by Gasteiger charge is 2.28. The third-order valence-electron chi connectivity index (χ3n) is 6.64. The van der Waals surface area contributed by atoms with Crippen LogP contribution >= 0.6 is 0 Å². The Labute approximate surface area is 196 Å². The fraction of sp³-hybridized carbons (Fsp3) is 0.600. The predicted molar refractivity (Wildman–Crippen MR) is 131 cm³/mol. The zero-order chi connectivity index (χ0) is 23.2. The number of nitrogens with zero attached hydrogens (tertiary/aromatic N) is 3. The summed E-state index contributed by atoms with van der Waals surface area (Å²) in [7, 11) is 3.93. The summed E-state index contributed by atoms with van der Waals surface area (Å²) < 4.78 is 5.79. The topological polar surface area (TPSA) is 103 Å². The zero-order valence-corrected chi connectivity index (χ0v) is 19.7. The summed E-state index contributed by atoms with van der Waals surface area (Å²) in [5.74, 6) is 3.00. The lowest BCUT2D eigenvalue weighted by Gasteiger charge is -2.34. The molecule has 2 fully saturated rings. The standard InChI is InChI=1S/C25H37N5O3/c1-26-15-21(32)16-33-22-10-6-7-17(11-22)25-28-23(27-18-12-20(31)13-18)14-24(29-25)30(2)19-8-4-3-5-9-19/h6-7,10-11,14,18-21,26,31-32H,3-5,8-9,12-13,15-16H2,1-2H3,(H,27,28,29). The number of aromatic nitrogens is 2. The number of benzene rings is 1. The molecule has 4 rings (SSSR count). The Hall–Kier alpha value is -2.42. The van der Waals surface area contributed by atoms with E-state index in [1.54, 1.807) is 7.05 Å². The number of aliphatic hydroxyl groups is 2. The van der Waals surface area contributed by atoms with E-state index in [4.69, 9.17) is 14.7 Å². The third kappa shape index (κ3) is 6.34. The average molecular weight is 456 g/mol. The number of aliphatic hydroxyl groups excluding tert-OH is 2. The second-order valence-corrected chi connectivity index (χ2v) is 9.35. The maximum absolute atomic E-state index is 9.94. The van der Waals surface area contributed by atoms with Crippen molar-refractivity contribution in [2.24, 2.45) is 0 Å². The first-order valence-corrected chi connectivity index (χ1v) is 12.1. The minimum absolute atomic E-state index is 0.215. The van der Waals surface area contributed by atoms with Crippen LogP contribution in [0.25, 0.3) is 11.4 Å². The van der Waals surface area contributed by atoms with Gasteiger partial charge in [-0.2, -0.15) is 0 Å². The van der Waals surface area contributed by atoms with E-state index in [0.29, 0.717) is 24.2 Å². The van der Waals surface area contributed by atoms with Crippen LogP contribution in [0, 0.1) is 0 Å². The number of ether oxygens (including phenoxy) is 1. The van der Waals surface area contributed by atoms with Gasteiger partial charge in [0, 0.05) is 37.3 Å². The van der Waals surface area contributed by atoms with Crippen molar-refractivity contribution >= 4 is 11.6 Å². The van der Waals surface area contributed by atoms with Crippen LogP contribution in [-0.2, 0) is 0 Å². The van der Waals surface area contributed by atoms with Crippen LogP contribution in [0.5, 0.6) is 5.75 Å². The smallest absolute Gasteiger partial charge is 0.163 e. The number of hydrogen-bond donors (Lipinski definition) is 4. The molecule has 180 valence electrons. The van der Waals surface area contributed by atoms with Crippen LogP contribution in [-0.4, -0.2) is 71.7 Å². The molecule has 8 heteroatoms. The summed E-state index contributed by atoms with van der Waals surface area (Å²) >= 11 is 0. The quantitative estimate of drug-likeness (QED) is 0.434. The van der Waals surface area contributed by atoms with Gasteiger partial charge in [0.25, 0.3) is 0 Å². The van der Waals surface area contributed by atoms with Gasteiger partial charge in [0.15, 0.2) is 5.82 Å². The maximum Gasteiger partial charge on any atom is 0.163 e. The van der Waals surface area contributed by atoms with E-state index in [-0.39, 0.29) is 18.8 Å². The van der Waals surface area contributed by atoms with E-state index in [1.807, 2.05) is 30.3 Å². The van der Waals surface area contributed by atoms with Crippen molar-refractivity contribution in [2.75, 3.05) is 37.5 Å². The van der Waals surface area contributed by atoms with Crippen LogP contribution in [0.3, 0.4) is 0 Å². The lowest BCUT2D eigenvalue weighted by molar-refractivity contribution is 0.0835. The second-order valence-electron chi connectivity index (χ2n) is 9.35. The van der Waals surface area contributed by atoms with E-state index in [0.717, 1.165) is 30.0 Å². The van der Waals surface area contributed by atoms with Crippen LogP contribution < -0.4 is 20.3 Å². The molecule has 0 aliphatic heterocycles. The van der Waals surface area contributed by atoms with Crippen LogP contribution in [0.4, 0.5) is 11.6 Å². The van der Waals surface area contributed by atoms with E-state index < -0.39 is 6.10 Å². The van der Waals surface area contributed by atoms with Gasteiger partial charge in [-0.05, 0) is 44.9 Å². The normalized spacial score (nSPS) is 21.8. The molecular formula is C25H37N5O3. The first kappa shape index (κ1) is 23.7. The van der Waals surface area contributed by atoms with Gasteiger partial charge in [-0.15, -0.1) is 0 Å². The van der Waals surface area contributed by atoms with E-state index in [1.165, 1.54) is 32.1 Å². The Morgan fingerprint density at radius 3 is 2.67 bits per heavy atom. The molecule has 1 atom stereocenters. The van der Waals surface area contributed by atoms with E-state index in [2.05, 4.69) is 22.6 Å². The molecule has 2 aliphatic carbocycles. The molecule has 0 spiro atoms. The number of rotatable bonds is 10. The molecule has 1 aromatic carbocycles. The average Bonchev–Trinajstić information content (AvgIpc) is 2.82. The first-order chi connectivity index (χ1) is 16.0. The van der Waals surface area contributed by atoms with Crippen molar-refractivity contribution in [2.45, 2.75) is 69.2 Å². The summed E-state index contributed by atoms with van der Waals surface area (Å²) in [4.78, 5) is 12.0. The highest BCUT2D eigenvalue weighted by atomic mass is 16.5. The van der Waals surface area contributed by atoms with Gasteiger partial charge in [-0.3, -0.25) is 0 Å². The van der Waals surface area contributed by atoms with Crippen molar-refractivity contribution in [1.82, 2.24) is 15.3 Å². The van der Waals surface area contributed by atoms with Crippen molar-refractivity contribution in [3.8, 4) is 17.1 Å². The minimum atomic E-state index is -0.573. The van der Waals surface area contributed by atoms with Gasteiger partial charge in [0.1, 0.15) is 30.1 Å². The monoisotopic (exact) mass is 455 g/mol. The Balaban J connectivity index is 1.57. The van der Waals surface area contributed by atoms with Gasteiger partial charge >= 0.3 is 0 Å². The molecule has 2 aromatic rings. The summed E-state index contributed by atoms with van der Waals surface area (Å²) in [6.45, 7) is 0.690. The predicted octanol–water partition coefficient (Wildman–Crippen LogP) is 2.81. The number of likely N-dealkylation sites (N-methyl/N-ethyl adjacent to an activating group) is 1. The Morgan fingerprint density at radius 1 is 1.15 bits per heavy atom. The lowest BCUT2D eigenvalue weighted by atomic mass is 9.89. The Bertz CT molecular complexity index is 899. The third-order valence-corrected chi connectivity index (χ3v) is 6.64. The molecule has 8 nitrogen and oxygen atoms in total. The largest absolute Gasteiger partial charge is 0.491 e. The lowest BCUT2D eigenvalue weighted by Crippen LogP contribution is -2.39. The zero-order valence-electron chi connectivity index (χ0n) is 19.7. The van der Waals surface area contributed by atoms with Crippen molar-refractivity contribution in [1.29, 1.82) is 0 Å². The number of anilines is 2. The number of nitrogens with one attached hydrogen (secondary N) is 2. The van der Waals surface area contributed by atoms with Crippen molar-refractivity contribution in [3.63, 3.8) is 0 Å². The highest BCUT2D eigenvalue weighted by molar-refractivity contribution is 5.63. The van der Waals surface area contributed by atoms with E-state index >= 15 is 0 Å². The molecule has 0 bridgehead atoms. The molecule has 2 aliphatic rings. The van der Waals surface area contributed by atoms with Crippen LogP contribution in [0.2, 0.25) is 0 Å². The fourth-order valence-electron chi connectivity index (χ4n) is 4.60. The molecule has 4 N–H and O–H groups in total. The van der Waals surface area contributed by atoms with Gasteiger partial charge in [-0.1, -0.05) is 31.4 Å². The molecule has 2 saturated carbocycles. The summed E-state index contributed by atoms with van der Waals surface area (Å²) in [5, 5.41) is 26.0. The molecule has 0 saturated heterocycles.